The number of carbonyl (C=O) groups excluding carboxylic acids is 1. The summed E-state index contributed by atoms with van der Waals surface area (Å²) in [7, 11) is -3.20. The number of sulfonamides is 1. The van der Waals surface area contributed by atoms with Crippen molar-refractivity contribution >= 4 is 37.5 Å². The zero-order valence-electron chi connectivity index (χ0n) is 23.3. The number of benzene rings is 3. The number of fused-ring (bicyclic) bond motifs is 1. The second kappa shape index (κ2) is 11.4. The molecular weight excluding hydrogens is 621 g/mol. The van der Waals surface area contributed by atoms with Crippen LogP contribution in [-0.2, 0) is 28.0 Å². The average Bonchev–Trinajstić information content (AvgIpc) is 3.37. The Bertz CT molecular complexity index is 2150. The zero-order chi connectivity index (χ0) is 32.0. The Morgan fingerprint density at radius 2 is 1.66 bits per heavy atom. The van der Waals surface area contributed by atoms with E-state index in [2.05, 4.69) is 4.37 Å². The third-order valence-electron chi connectivity index (χ3n) is 6.65. The minimum atomic E-state index is -4.90. The molecule has 0 aliphatic heterocycles. The van der Waals surface area contributed by atoms with Crippen molar-refractivity contribution in [3.63, 3.8) is 0 Å². The van der Waals surface area contributed by atoms with E-state index < -0.39 is 45.7 Å². The molecule has 0 saturated heterocycles. The molecule has 0 fully saturated rings. The Labute approximate surface area is 252 Å². The number of ether oxygens (including phenoxy) is 1. The zero-order valence-corrected chi connectivity index (χ0v) is 24.9. The standard InChI is InChI=1S/C29H23F3N4O6S2/c1-16-4-8-19(9-5-16)44(40,41)34-25(37)15-42-22-10-6-17(2)12-20(22)27-21-13-18(7-11-23(21)43-33-27)36-26(38)14-24(29(30,31)32)35(3)28(36)39/h4-14H,15H2,1-3H3,(H,34,37). The predicted octanol–water partition coefficient (Wildman–Crippen LogP) is 4.33. The van der Waals surface area contributed by atoms with Crippen LogP contribution >= 0.6 is 11.5 Å². The summed E-state index contributed by atoms with van der Waals surface area (Å²) in [6.45, 7) is 2.95. The van der Waals surface area contributed by atoms with Crippen LogP contribution < -0.4 is 20.7 Å². The van der Waals surface area contributed by atoms with Gasteiger partial charge in [-0.2, -0.15) is 17.5 Å². The smallest absolute Gasteiger partial charge is 0.431 e. The number of rotatable bonds is 7. The van der Waals surface area contributed by atoms with E-state index in [-0.39, 0.29) is 16.3 Å². The molecule has 2 heterocycles. The van der Waals surface area contributed by atoms with Crippen LogP contribution in [0.2, 0.25) is 0 Å². The van der Waals surface area contributed by atoms with Crippen molar-refractivity contribution in [2.75, 3.05) is 6.61 Å². The third kappa shape index (κ3) is 6.01. The summed E-state index contributed by atoms with van der Waals surface area (Å²) in [4.78, 5) is 38.0. The van der Waals surface area contributed by atoms with Crippen molar-refractivity contribution in [3.05, 3.63) is 104 Å². The molecule has 3 aromatic carbocycles. The van der Waals surface area contributed by atoms with Crippen LogP contribution in [-0.4, -0.2) is 34.4 Å². The number of halogens is 3. The minimum Gasteiger partial charge on any atom is -0.483 e. The lowest BCUT2D eigenvalue weighted by Gasteiger charge is -2.14. The highest BCUT2D eigenvalue weighted by atomic mass is 32.2. The molecule has 0 spiro atoms. The number of hydrogen-bond acceptors (Lipinski definition) is 8. The Kier molecular flexibility index (Phi) is 7.94. The molecule has 1 amide bonds. The summed E-state index contributed by atoms with van der Waals surface area (Å²) < 4.78 is 79.0. The van der Waals surface area contributed by atoms with Crippen LogP contribution in [0.15, 0.2) is 81.2 Å². The molecule has 10 nitrogen and oxygen atoms in total. The highest BCUT2D eigenvalue weighted by Crippen LogP contribution is 2.37. The minimum absolute atomic E-state index is 0.0223. The topological polar surface area (TPSA) is 129 Å². The molecule has 5 rings (SSSR count). The van der Waals surface area contributed by atoms with Crippen molar-refractivity contribution in [1.29, 1.82) is 0 Å². The van der Waals surface area contributed by atoms with Gasteiger partial charge in [0, 0.05) is 24.1 Å². The fourth-order valence-electron chi connectivity index (χ4n) is 4.45. The van der Waals surface area contributed by atoms with E-state index in [0.29, 0.717) is 36.5 Å². The van der Waals surface area contributed by atoms with E-state index in [0.717, 1.165) is 29.7 Å². The first-order valence-corrected chi connectivity index (χ1v) is 15.1. The first kappa shape index (κ1) is 30.7. The number of aromatic nitrogens is 3. The molecule has 0 aliphatic carbocycles. The fraction of sp³-hybridized carbons (Fsp3) is 0.172. The van der Waals surface area contributed by atoms with E-state index in [1.165, 1.54) is 24.3 Å². The Morgan fingerprint density at radius 1 is 0.977 bits per heavy atom. The van der Waals surface area contributed by atoms with Gasteiger partial charge in [-0.1, -0.05) is 29.3 Å². The lowest BCUT2D eigenvalue weighted by molar-refractivity contribution is -0.144. The third-order valence-corrected chi connectivity index (χ3v) is 8.87. The Hall–Kier alpha value is -4.76. The van der Waals surface area contributed by atoms with Crippen molar-refractivity contribution in [1.82, 2.24) is 18.2 Å². The number of alkyl halides is 3. The number of amides is 1. The van der Waals surface area contributed by atoms with Crippen LogP contribution in [0.5, 0.6) is 5.75 Å². The van der Waals surface area contributed by atoms with Crippen LogP contribution in [0.4, 0.5) is 13.2 Å². The molecule has 5 aromatic rings. The van der Waals surface area contributed by atoms with Gasteiger partial charge < -0.3 is 4.74 Å². The van der Waals surface area contributed by atoms with Gasteiger partial charge in [0.2, 0.25) is 0 Å². The molecule has 0 atom stereocenters. The van der Waals surface area contributed by atoms with Crippen molar-refractivity contribution in [3.8, 4) is 22.7 Å². The molecule has 0 aliphatic rings. The van der Waals surface area contributed by atoms with E-state index in [1.807, 2.05) is 4.72 Å². The van der Waals surface area contributed by atoms with Gasteiger partial charge in [0.15, 0.2) is 6.61 Å². The number of aryl methyl sites for hydroxylation is 2. The molecule has 0 radical (unpaired) electrons. The lowest BCUT2D eigenvalue weighted by Crippen LogP contribution is -2.40. The van der Waals surface area contributed by atoms with Gasteiger partial charge in [-0.3, -0.25) is 14.2 Å². The van der Waals surface area contributed by atoms with Crippen molar-refractivity contribution in [2.24, 2.45) is 7.05 Å². The van der Waals surface area contributed by atoms with Crippen molar-refractivity contribution in [2.45, 2.75) is 24.9 Å². The predicted molar refractivity (Wildman–Crippen MR) is 158 cm³/mol. The van der Waals surface area contributed by atoms with E-state index in [1.54, 1.807) is 50.2 Å². The van der Waals surface area contributed by atoms with Gasteiger partial charge in [0.05, 0.1) is 21.0 Å². The molecular formula is C29H23F3N4O6S2. The van der Waals surface area contributed by atoms with Gasteiger partial charge in [-0.25, -0.2) is 22.5 Å². The summed E-state index contributed by atoms with van der Waals surface area (Å²) in [5.41, 5.74) is -1.26. The molecule has 2 aromatic heterocycles. The maximum atomic E-state index is 13.3. The highest BCUT2D eigenvalue weighted by Gasteiger charge is 2.35. The monoisotopic (exact) mass is 644 g/mol. The maximum Gasteiger partial charge on any atom is 0.431 e. The van der Waals surface area contributed by atoms with Gasteiger partial charge in [0.25, 0.3) is 21.5 Å². The second-order valence-corrected chi connectivity index (χ2v) is 12.4. The lowest BCUT2D eigenvalue weighted by atomic mass is 10.0. The molecule has 0 unspecified atom stereocenters. The number of nitrogens with zero attached hydrogens (tertiary/aromatic N) is 3. The SMILES string of the molecule is Cc1ccc(S(=O)(=O)NC(=O)COc2ccc(C)cc2-c2nsc3ccc(-n4c(=O)cc(C(F)(F)F)n(C)c4=O)cc23)cc1. The Balaban J connectivity index is 1.48. The fourth-order valence-corrected chi connectivity index (χ4v) is 6.19. The van der Waals surface area contributed by atoms with Crippen molar-refractivity contribution < 1.29 is 31.1 Å². The summed E-state index contributed by atoms with van der Waals surface area (Å²) in [5.74, 6) is -0.723. The number of carbonyl (C=O) groups is 1. The molecule has 0 bridgehead atoms. The number of hydrogen-bond donors (Lipinski definition) is 1. The molecule has 44 heavy (non-hydrogen) atoms. The summed E-state index contributed by atoms with van der Waals surface area (Å²) in [6.07, 6.45) is -4.90. The van der Waals surface area contributed by atoms with E-state index >= 15 is 0 Å². The van der Waals surface area contributed by atoms with Gasteiger partial charge in [-0.15, -0.1) is 0 Å². The van der Waals surface area contributed by atoms with Crippen LogP contribution in [0.25, 0.3) is 27.0 Å². The van der Waals surface area contributed by atoms with E-state index in [9.17, 15) is 36.0 Å². The second-order valence-electron chi connectivity index (χ2n) is 9.88. The summed E-state index contributed by atoms with van der Waals surface area (Å²) in [5, 5.41) is 0.461. The highest BCUT2D eigenvalue weighted by molar-refractivity contribution is 7.90. The largest absolute Gasteiger partial charge is 0.483 e. The molecule has 15 heteroatoms. The van der Waals surface area contributed by atoms with Gasteiger partial charge >= 0.3 is 11.9 Å². The molecule has 0 saturated carbocycles. The quantitative estimate of drug-likeness (QED) is 0.279. The summed E-state index contributed by atoms with van der Waals surface area (Å²) >= 11 is 1.09. The average molecular weight is 645 g/mol. The van der Waals surface area contributed by atoms with E-state index in [4.69, 9.17) is 4.74 Å². The Morgan fingerprint density at radius 3 is 2.34 bits per heavy atom. The van der Waals surface area contributed by atoms with Crippen LogP contribution in [0.3, 0.4) is 0 Å². The number of nitrogens with one attached hydrogen (secondary N) is 1. The van der Waals surface area contributed by atoms with Crippen LogP contribution in [0.1, 0.15) is 16.8 Å². The van der Waals surface area contributed by atoms with Gasteiger partial charge in [0.1, 0.15) is 11.4 Å². The first-order valence-electron chi connectivity index (χ1n) is 12.8. The van der Waals surface area contributed by atoms with Crippen LogP contribution in [0, 0.1) is 13.8 Å². The molecule has 1 N–H and O–H groups in total. The van der Waals surface area contributed by atoms with Gasteiger partial charge in [-0.05, 0) is 67.8 Å². The summed E-state index contributed by atoms with van der Waals surface area (Å²) in [6, 6.07) is 15.8. The maximum absolute atomic E-state index is 13.3. The normalized spacial score (nSPS) is 12.0. The first-order chi connectivity index (χ1) is 20.7. The molecule has 228 valence electrons.